The SMILES string of the molecule is CCCC(CCO)CN=C(NCC)NCCCc1ccc(OC)cc1.I. The van der Waals surface area contributed by atoms with Crippen molar-refractivity contribution in [3.8, 4) is 5.75 Å². The summed E-state index contributed by atoms with van der Waals surface area (Å²) in [5.74, 6) is 2.23. The number of hydrogen-bond donors (Lipinski definition) is 3. The molecule has 0 bridgehead atoms. The molecule has 1 atom stereocenters. The number of guanidine groups is 1. The number of aliphatic hydroxyl groups excluding tert-OH is 1. The topological polar surface area (TPSA) is 65.9 Å². The van der Waals surface area contributed by atoms with Crippen molar-refractivity contribution in [2.45, 2.75) is 46.0 Å². The zero-order chi connectivity index (χ0) is 18.3. The van der Waals surface area contributed by atoms with Crippen LogP contribution in [0.15, 0.2) is 29.3 Å². The van der Waals surface area contributed by atoms with Crippen LogP contribution in [0, 0.1) is 5.92 Å². The van der Waals surface area contributed by atoms with Gasteiger partial charge < -0.3 is 20.5 Å². The van der Waals surface area contributed by atoms with Crippen LogP contribution in [0.1, 0.15) is 45.1 Å². The molecule has 150 valence electrons. The van der Waals surface area contributed by atoms with Gasteiger partial charge in [0.15, 0.2) is 5.96 Å². The molecule has 0 amide bonds. The van der Waals surface area contributed by atoms with Crippen LogP contribution in [-0.2, 0) is 6.42 Å². The minimum Gasteiger partial charge on any atom is -0.497 e. The molecule has 1 unspecified atom stereocenters. The number of rotatable bonds is 12. The molecule has 3 N–H and O–H groups in total. The van der Waals surface area contributed by atoms with Crippen LogP contribution in [0.5, 0.6) is 5.75 Å². The summed E-state index contributed by atoms with van der Waals surface area (Å²) in [4.78, 5) is 4.69. The van der Waals surface area contributed by atoms with Crippen LogP contribution < -0.4 is 15.4 Å². The lowest BCUT2D eigenvalue weighted by Gasteiger charge is -2.15. The Morgan fingerprint density at radius 3 is 2.46 bits per heavy atom. The van der Waals surface area contributed by atoms with Gasteiger partial charge in [-0.15, -0.1) is 24.0 Å². The highest BCUT2D eigenvalue weighted by Crippen LogP contribution is 2.12. The molecule has 1 aromatic rings. The van der Waals surface area contributed by atoms with Gasteiger partial charge in [0.2, 0.25) is 0 Å². The van der Waals surface area contributed by atoms with Crippen molar-refractivity contribution < 1.29 is 9.84 Å². The molecule has 0 spiro atoms. The van der Waals surface area contributed by atoms with Crippen molar-refractivity contribution in [1.82, 2.24) is 10.6 Å². The molecule has 0 heterocycles. The normalized spacial score (nSPS) is 12.2. The van der Waals surface area contributed by atoms with E-state index in [1.165, 1.54) is 5.56 Å². The first-order chi connectivity index (χ1) is 12.2. The molecular formula is C20H36IN3O2. The van der Waals surface area contributed by atoms with Gasteiger partial charge in [0.05, 0.1) is 7.11 Å². The number of aliphatic imine (C=N–C) groups is 1. The average molecular weight is 477 g/mol. The van der Waals surface area contributed by atoms with E-state index in [1.807, 2.05) is 12.1 Å². The maximum absolute atomic E-state index is 9.16. The molecule has 0 fully saturated rings. The van der Waals surface area contributed by atoms with Gasteiger partial charge in [0.25, 0.3) is 0 Å². The van der Waals surface area contributed by atoms with Crippen LogP contribution >= 0.6 is 24.0 Å². The van der Waals surface area contributed by atoms with Crippen molar-refractivity contribution in [3.63, 3.8) is 0 Å². The van der Waals surface area contributed by atoms with Gasteiger partial charge in [0, 0.05) is 26.2 Å². The van der Waals surface area contributed by atoms with E-state index in [0.717, 1.165) is 63.4 Å². The fourth-order valence-corrected chi connectivity index (χ4v) is 2.77. The standard InChI is InChI=1S/C20H35N3O2.HI/c1-4-7-18(13-15-24)16-23-20(21-5-2)22-14-6-8-17-9-11-19(25-3)12-10-17;/h9-12,18,24H,4-8,13-16H2,1-3H3,(H2,21,22,23);1H. The molecule has 0 radical (unpaired) electrons. The minimum atomic E-state index is 0. The predicted octanol–water partition coefficient (Wildman–Crippen LogP) is 3.60. The maximum Gasteiger partial charge on any atom is 0.191 e. The van der Waals surface area contributed by atoms with Crippen molar-refractivity contribution >= 4 is 29.9 Å². The second kappa shape index (κ2) is 16.2. The predicted molar refractivity (Wildman–Crippen MR) is 121 cm³/mol. The molecule has 26 heavy (non-hydrogen) atoms. The Morgan fingerprint density at radius 1 is 1.15 bits per heavy atom. The van der Waals surface area contributed by atoms with Crippen LogP contribution in [0.3, 0.4) is 0 Å². The zero-order valence-electron chi connectivity index (χ0n) is 16.5. The second-order valence-electron chi connectivity index (χ2n) is 6.27. The Kier molecular flexibility index (Phi) is 15.5. The highest BCUT2D eigenvalue weighted by Gasteiger charge is 2.07. The number of halogens is 1. The number of hydrogen-bond acceptors (Lipinski definition) is 3. The molecule has 6 heteroatoms. The summed E-state index contributed by atoms with van der Waals surface area (Å²) >= 11 is 0. The number of benzene rings is 1. The summed E-state index contributed by atoms with van der Waals surface area (Å²) in [6.07, 6.45) is 5.15. The monoisotopic (exact) mass is 477 g/mol. The van der Waals surface area contributed by atoms with Crippen LogP contribution in [0.4, 0.5) is 0 Å². The third-order valence-electron chi connectivity index (χ3n) is 4.18. The van der Waals surface area contributed by atoms with Gasteiger partial charge in [-0.25, -0.2) is 0 Å². The highest BCUT2D eigenvalue weighted by atomic mass is 127. The van der Waals surface area contributed by atoms with Gasteiger partial charge in [-0.2, -0.15) is 0 Å². The number of ether oxygens (including phenoxy) is 1. The lowest BCUT2D eigenvalue weighted by molar-refractivity contribution is 0.253. The third kappa shape index (κ3) is 10.9. The van der Waals surface area contributed by atoms with Crippen molar-refractivity contribution in [2.75, 3.05) is 33.4 Å². The zero-order valence-corrected chi connectivity index (χ0v) is 18.8. The summed E-state index contributed by atoms with van der Waals surface area (Å²) in [5.41, 5.74) is 1.32. The van der Waals surface area contributed by atoms with Gasteiger partial charge in [-0.05, 0) is 56.2 Å². The molecule has 0 aliphatic rings. The Morgan fingerprint density at radius 2 is 1.88 bits per heavy atom. The first-order valence-corrected chi connectivity index (χ1v) is 9.49. The molecule has 0 aliphatic heterocycles. The Hall–Kier alpha value is -1.02. The lowest BCUT2D eigenvalue weighted by Crippen LogP contribution is -2.38. The highest BCUT2D eigenvalue weighted by molar-refractivity contribution is 14.0. The van der Waals surface area contributed by atoms with E-state index in [2.05, 4.69) is 41.6 Å². The maximum atomic E-state index is 9.16. The Bertz CT molecular complexity index is 474. The molecule has 0 aromatic heterocycles. The van der Waals surface area contributed by atoms with Crippen LogP contribution in [0.2, 0.25) is 0 Å². The van der Waals surface area contributed by atoms with Gasteiger partial charge in [0.1, 0.15) is 5.75 Å². The smallest absolute Gasteiger partial charge is 0.191 e. The second-order valence-corrected chi connectivity index (χ2v) is 6.27. The fraction of sp³-hybridized carbons (Fsp3) is 0.650. The molecule has 1 aromatic carbocycles. The number of aryl methyl sites for hydroxylation is 1. The van der Waals surface area contributed by atoms with Crippen LogP contribution in [0.25, 0.3) is 0 Å². The van der Waals surface area contributed by atoms with E-state index < -0.39 is 0 Å². The summed E-state index contributed by atoms with van der Waals surface area (Å²) in [6, 6.07) is 8.23. The van der Waals surface area contributed by atoms with Crippen molar-refractivity contribution in [3.05, 3.63) is 29.8 Å². The molecule has 0 saturated carbocycles. The van der Waals surface area contributed by atoms with Crippen molar-refractivity contribution in [1.29, 1.82) is 0 Å². The first kappa shape index (κ1) is 25.0. The van der Waals surface area contributed by atoms with E-state index in [1.54, 1.807) is 7.11 Å². The van der Waals surface area contributed by atoms with E-state index in [0.29, 0.717) is 5.92 Å². The van der Waals surface area contributed by atoms with Crippen LogP contribution in [-0.4, -0.2) is 44.4 Å². The Labute approximate surface area is 176 Å². The minimum absolute atomic E-state index is 0. The lowest BCUT2D eigenvalue weighted by atomic mass is 10.0. The molecule has 1 rings (SSSR count). The number of nitrogens with one attached hydrogen (secondary N) is 2. The summed E-state index contributed by atoms with van der Waals surface area (Å²) in [7, 11) is 1.69. The van der Waals surface area contributed by atoms with E-state index >= 15 is 0 Å². The third-order valence-corrected chi connectivity index (χ3v) is 4.18. The number of aliphatic hydroxyl groups is 1. The quantitative estimate of drug-likeness (QED) is 0.186. The van der Waals surface area contributed by atoms with Gasteiger partial charge >= 0.3 is 0 Å². The summed E-state index contributed by atoms with van der Waals surface area (Å²) < 4.78 is 5.18. The van der Waals surface area contributed by atoms with Gasteiger partial charge in [-0.3, -0.25) is 4.99 Å². The molecular weight excluding hydrogens is 441 g/mol. The van der Waals surface area contributed by atoms with Crippen molar-refractivity contribution in [2.24, 2.45) is 10.9 Å². The van der Waals surface area contributed by atoms with E-state index in [4.69, 9.17) is 9.84 Å². The molecule has 0 saturated heterocycles. The van der Waals surface area contributed by atoms with E-state index in [9.17, 15) is 0 Å². The molecule has 5 nitrogen and oxygen atoms in total. The summed E-state index contributed by atoms with van der Waals surface area (Å²) in [5, 5.41) is 15.9. The fourth-order valence-electron chi connectivity index (χ4n) is 2.77. The molecule has 0 aliphatic carbocycles. The largest absolute Gasteiger partial charge is 0.497 e. The first-order valence-electron chi connectivity index (χ1n) is 9.49. The Balaban J connectivity index is 0.00000625. The van der Waals surface area contributed by atoms with Gasteiger partial charge in [-0.1, -0.05) is 25.5 Å². The van der Waals surface area contributed by atoms with E-state index in [-0.39, 0.29) is 30.6 Å². The summed E-state index contributed by atoms with van der Waals surface area (Å²) in [6.45, 7) is 7.00. The average Bonchev–Trinajstić information content (AvgIpc) is 2.63. The number of nitrogens with zero attached hydrogens (tertiary/aromatic N) is 1. The number of methoxy groups -OCH3 is 1.